The second-order valence-electron chi connectivity index (χ2n) is 5.49. The minimum Gasteiger partial charge on any atom is -0.478 e. The summed E-state index contributed by atoms with van der Waals surface area (Å²) in [6.45, 7) is 7.36. The molecule has 0 fully saturated rings. The second kappa shape index (κ2) is 6.31. The fourth-order valence-corrected chi connectivity index (χ4v) is 2.28. The van der Waals surface area contributed by atoms with Gasteiger partial charge in [0.15, 0.2) is 11.9 Å². The maximum Gasteiger partial charge on any atom is 0.261 e. The number of nitrogens with zero attached hydrogens (tertiary/aromatic N) is 1. The molecular weight excluding hydrogens is 369 g/mol. The van der Waals surface area contributed by atoms with Gasteiger partial charge in [-0.05, 0) is 62.4 Å². The van der Waals surface area contributed by atoms with Crippen LogP contribution >= 0.6 is 22.6 Å². The SMILES string of the molecule is CC(Oc1c(N)cc(C#N)cc1I)C(=O)NC(C)(C)C. The molecule has 1 unspecified atom stereocenters. The van der Waals surface area contributed by atoms with E-state index >= 15 is 0 Å². The third-order valence-electron chi connectivity index (χ3n) is 2.36. The normalized spacial score (nSPS) is 12.4. The van der Waals surface area contributed by atoms with Crippen molar-refractivity contribution in [1.82, 2.24) is 5.32 Å². The number of nitrogens with two attached hydrogens (primary N) is 1. The summed E-state index contributed by atoms with van der Waals surface area (Å²) in [5, 5.41) is 11.7. The van der Waals surface area contributed by atoms with E-state index in [0.29, 0.717) is 20.6 Å². The molecule has 0 spiro atoms. The first-order valence-corrected chi connectivity index (χ1v) is 7.19. The summed E-state index contributed by atoms with van der Waals surface area (Å²) in [5.41, 5.74) is 6.35. The van der Waals surface area contributed by atoms with Crippen molar-refractivity contribution < 1.29 is 9.53 Å². The van der Waals surface area contributed by atoms with Crippen molar-refractivity contribution in [1.29, 1.82) is 5.26 Å². The molecule has 1 aromatic carbocycles. The van der Waals surface area contributed by atoms with Gasteiger partial charge in [0.2, 0.25) is 0 Å². The highest BCUT2D eigenvalue weighted by Gasteiger charge is 2.22. The van der Waals surface area contributed by atoms with E-state index in [2.05, 4.69) is 5.32 Å². The molecule has 1 atom stereocenters. The predicted molar refractivity (Wildman–Crippen MR) is 86.3 cm³/mol. The van der Waals surface area contributed by atoms with E-state index in [1.807, 2.05) is 49.4 Å². The molecule has 1 rings (SSSR count). The van der Waals surface area contributed by atoms with E-state index in [0.717, 1.165) is 0 Å². The van der Waals surface area contributed by atoms with Crippen LogP contribution in [0.4, 0.5) is 5.69 Å². The van der Waals surface area contributed by atoms with Crippen molar-refractivity contribution in [3.8, 4) is 11.8 Å². The Bertz CT molecular complexity index is 536. The van der Waals surface area contributed by atoms with Crippen LogP contribution < -0.4 is 15.8 Å². The van der Waals surface area contributed by atoms with Crippen LogP contribution in [0.25, 0.3) is 0 Å². The van der Waals surface area contributed by atoms with E-state index in [-0.39, 0.29) is 11.4 Å². The second-order valence-corrected chi connectivity index (χ2v) is 6.65. The Morgan fingerprint density at radius 3 is 2.55 bits per heavy atom. The highest BCUT2D eigenvalue weighted by molar-refractivity contribution is 14.1. The van der Waals surface area contributed by atoms with Crippen LogP contribution in [-0.2, 0) is 4.79 Å². The van der Waals surface area contributed by atoms with Gasteiger partial charge in [-0.3, -0.25) is 4.79 Å². The number of benzene rings is 1. The number of hydrogen-bond acceptors (Lipinski definition) is 4. The molecule has 20 heavy (non-hydrogen) atoms. The minimum atomic E-state index is -0.669. The Balaban J connectivity index is 2.89. The summed E-state index contributed by atoms with van der Waals surface area (Å²) in [7, 11) is 0. The van der Waals surface area contributed by atoms with Crippen LogP contribution in [0.3, 0.4) is 0 Å². The molecule has 0 radical (unpaired) electrons. The first-order chi connectivity index (χ1) is 9.14. The van der Waals surface area contributed by atoms with Crippen LogP contribution in [0, 0.1) is 14.9 Å². The Hall–Kier alpha value is -1.49. The Morgan fingerprint density at radius 2 is 2.10 bits per heavy atom. The lowest BCUT2D eigenvalue weighted by Crippen LogP contribution is -2.46. The van der Waals surface area contributed by atoms with E-state index in [4.69, 9.17) is 15.7 Å². The van der Waals surface area contributed by atoms with Gasteiger partial charge in [-0.15, -0.1) is 0 Å². The van der Waals surface area contributed by atoms with Gasteiger partial charge < -0.3 is 15.8 Å². The topological polar surface area (TPSA) is 88.1 Å². The van der Waals surface area contributed by atoms with Gasteiger partial charge in [0.25, 0.3) is 5.91 Å². The van der Waals surface area contributed by atoms with E-state index in [9.17, 15) is 4.79 Å². The van der Waals surface area contributed by atoms with Crippen LogP contribution in [0.15, 0.2) is 12.1 Å². The van der Waals surface area contributed by atoms with Crippen LogP contribution in [-0.4, -0.2) is 17.6 Å². The average molecular weight is 387 g/mol. The van der Waals surface area contributed by atoms with Crippen LogP contribution in [0.5, 0.6) is 5.75 Å². The first-order valence-electron chi connectivity index (χ1n) is 6.12. The van der Waals surface area contributed by atoms with Gasteiger partial charge in [0.1, 0.15) is 0 Å². The van der Waals surface area contributed by atoms with Gasteiger partial charge in [-0.25, -0.2) is 0 Å². The third-order valence-corrected chi connectivity index (χ3v) is 3.16. The summed E-state index contributed by atoms with van der Waals surface area (Å²) in [6, 6.07) is 5.22. The van der Waals surface area contributed by atoms with Crippen molar-refractivity contribution in [3.63, 3.8) is 0 Å². The fourth-order valence-electron chi connectivity index (χ4n) is 1.51. The molecule has 1 amide bonds. The van der Waals surface area contributed by atoms with Crippen molar-refractivity contribution in [2.45, 2.75) is 39.3 Å². The number of halogens is 1. The molecule has 6 heteroatoms. The summed E-state index contributed by atoms with van der Waals surface area (Å²) >= 11 is 2.03. The molecule has 0 aromatic heterocycles. The molecule has 108 valence electrons. The predicted octanol–water partition coefficient (Wildman–Crippen LogP) is 2.43. The molecule has 0 aliphatic carbocycles. The summed E-state index contributed by atoms with van der Waals surface area (Å²) < 4.78 is 6.33. The fraction of sp³-hybridized carbons (Fsp3) is 0.429. The largest absolute Gasteiger partial charge is 0.478 e. The van der Waals surface area contributed by atoms with Crippen molar-refractivity contribution in [3.05, 3.63) is 21.3 Å². The minimum absolute atomic E-state index is 0.211. The number of amides is 1. The number of nitrogens with one attached hydrogen (secondary N) is 1. The van der Waals surface area contributed by atoms with E-state index in [1.165, 1.54) is 6.07 Å². The molecule has 0 heterocycles. The lowest BCUT2D eigenvalue weighted by atomic mass is 10.1. The van der Waals surface area contributed by atoms with Crippen molar-refractivity contribution in [2.75, 3.05) is 5.73 Å². The smallest absolute Gasteiger partial charge is 0.261 e. The van der Waals surface area contributed by atoms with Gasteiger partial charge in [0, 0.05) is 5.54 Å². The van der Waals surface area contributed by atoms with Crippen molar-refractivity contribution >= 4 is 34.2 Å². The number of carbonyl (C=O) groups is 1. The van der Waals surface area contributed by atoms with Crippen LogP contribution in [0.2, 0.25) is 0 Å². The maximum absolute atomic E-state index is 12.0. The van der Waals surface area contributed by atoms with E-state index in [1.54, 1.807) is 13.0 Å². The summed E-state index contributed by atoms with van der Waals surface area (Å²) in [4.78, 5) is 12.0. The Morgan fingerprint density at radius 1 is 1.50 bits per heavy atom. The highest BCUT2D eigenvalue weighted by Crippen LogP contribution is 2.30. The number of rotatable bonds is 3. The quantitative estimate of drug-likeness (QED) is 0.616. The van der Waals surface area contributed by atoms with Gasteiger partial charge in [0.05, 0.1) is 20.9 Å². The standard InChI is InChI=1S/C14H18IN3O2/c1-8(13(19)18-14(2,3)4)20-12-10(15)5-9(7-16)6-11(12)17/h5-6,8H,17H2,1-4H3,(H,18,19). The average Bonchev–Trinajstić information content (AvgIpc) is 2.30. The first kappa shape index (κ1) is 16.6. The zero-order valence-corrected chi connectivity index (χ0v) is 14.1. The maximum atomic E-state index is 12.0. The van der Waals surface area contributed by atoms with Gasteiger partial charge in [-0.2, -0.15) is 5.26 Å². The molecular formula is C14H18IN3O2. The number of anilines is 1. The molecule has 0 aliphatic rings. The molecule has 5 nitrogen and oxygen atoms in total. The Kier molecular flexibility index (Phi) is 5.22. The molecule has 0 saturated heterocycles. The van der Waals surface area contributed by atoms with Gasteiger partial charge in [-0.1, -0.05) is 0 Å². The Labute approximate surface area is 132 Å². The zero-order valence-electron chi connectivity index (χ0n) is 12.0. The number of nitriles is 1. The number of carbonyl (C=O) groups excluding carboxylic acids is 1. The van der Waals surface area contributed by atoms with Gasteiger partial charge >= 0.3 is 0 Å². The lowest BCUT2D eigenvalue weighted by Gasteiger charge is -2.24. The highest BCUT2D eigenvalue weighted by atomic mass is 127. The third kappa shape index (κ3) is 4.56. The zero-order chi connectivity index (χ0) is 15.5. The molecule has 0 aliphatic heterocycles. The molecule has 3 N–H and O–H groups in total. The number of nitrogen functional groups attached to an aromatic ring is 1. The number of ether oxygens (including phenoxy) is 1. The number of hydrogen-bond donors (Lipinski definition) is 2. The van der Waals surface area contributed by atoms with Crippen LogP contribution in [0.1, 0.15) is 33.3 Å². The molecule has 0 bridgehead atoms. The lowest BCUT2D eigenvalue weighted by molar-refractivity contribution is -0.128. The summed E-state index contributed by atoms with van der Waals surface area (Å²) in [5.74, 6) is 0.221. The summed E-state index contributed by atoms with van der Waals surface area (Å²) in [6.07, 6.45) is -0.669. The molecule has 0 saturated carbocycles. The van der Waals surface area contributed by atoms with E-state index < -0.39 is 6.10 Å². The van der Waals surface area contributed by atoms with Crippen molar-refractivity contribution in [2.24, 2.45) is 0 Å². The molecule has 1 aromatic rings. The monoisotopic (exact) mass is 387 g/mol.